The second-order valence-corrected chi connectivity index (χ2v) is 7.52. The molecule has 0 saturated carbocycles. The molecule has 2 aromatic rings. The van der Waals surface area contributed by atoms with Gasteiger partial charge in [-0.25, -0.2) is 0 Å². The first-order valence-corrected chi connectivity index (χ1v) is 10.0. The van der Waals surface area contributed by atoms with Gasteiger partial charge in [0.05, 0.1) is 5.92 Å². The van der Waals surface area contributed by atoms with Crippen LogP contribution in [0.1, 0.15) is 30.4 Å². The van der Waals surface area contributed by atoms with Gasteiger partial charge in [-0.05, 0) is 74.2 Å². The number of ether oxygens (including phenoxy) is 2. The van der Waals surface area contributed by atoms with E-state index in [4.69, 9.17) is 9.47 Å². The Balaban J connectivity index is 1.24. The number of nitrogens with zero attached hydrogens (tertiary/aromatic N) is 1. The molecule has 1 saturated heterocycles. The molecule has 2 aromatic carbocycles. The molecule has 142 valence electrons. The molecule has 4 rings (SSSR count). The van der Waals surface area contributed by atoms with Crippen LogP contribution in [0, 0.1) is 5.92 Å². The third-order valence-corrected chi connectivity index (χ3v) is 5.55. The molecule has 1 fully saturated rings. The summed E-state index contributed by atoms with van der Waals surface area (Å²) in [5.41, 5.74) is 2.52. The first-order valence-electron chi connectivity index (χ1n) is 10.0. The number of carbonyl (C=O) groups excluding carboxylic acids is 1. The van der Waals surface area contributed by atoms with Crippen LogP contribution in [0.3, 0.4) is 0 Å². The van der Waals surface area contributed by atoms with Crippen molar-refractivity contribution in [2.24, 2.45) is 5.92 Å². The monoisotopic (exact) mass is 365 g/mol. The van der Waals surface area contributed by atoms with Crippen molar-refractivity contribution in [3.63, 3.8) is 0 Å². The van der Waals surface area contributed by atoms with E-state index in [1.807, 2.05) is 36.4 Å². The zero-order valence-corrected chi connectivity index (χ0v) is 15.7. The van der Waals surface area contributed by atoms with Crippen LogP contribution in [-0.2, 0) is 17.6 Å². The number of fused-ring (bicyclic) bond motifs is 1. The van der Waals surface area contributed by atoms with Gasteiger partial charge in [0.15, 0.2) is 0 Å². The van der Waals surface area contributed by atoms with Gasteiger partial charge in [-0.3, -0.25) is 9.69 Å². The molecule has 1 aliphatic carbocycles. The molecule has 0 bridgehead atoms. The van der Waals surface area contributed by atoms with Gasteiger partial charge in [-0.2, -0.15) is 0 Å². The standard InChI is InChI=1S/C23H27NO3/c25-23(20-16-18-6-2-3-7-19(18)17-20)27-22-10-8-21(9-11-22)26-15-14-24-12-4-1-5-13-24/h2-3,6-11,20H,1,4-5,12-17H2. The predicted molar refractivity (Wildman–Crippen MR) is 105 cm³/mol. The summed E-state index contributed by atoms with van der Waals surface area (Å²) in [6.45, 7) is 4.03. The van der Waals surface area contributed by atoms with Crippen molar-refractivity contribution >= 4 is 5.97 Å². The Morgan fingerprint density at radius 3 is 2.19 bits per heavy atom. The summed E-state index contributed by atoms with van der Waals surface area (Å²) in [6, 6.07) is 15.6. The van der Waals surface area contributed by atoms with Crippen LogP contribution < -0.4 is 9.47 Å². The fourth-order valence-corrected chi connectivity index (χ4v) is 4.00. The molecule has 0 atom stereocenters. The van der Waals surface area contributed by atoms with Crippen molar-refractivity contribution < 1.29 is 14.3 Å². The van der Waals surface area contributed by atoms with Gasteiger partial charge in [0.25, 0.3) is 0 Å². The summed E-state index contributed by atoms with van der Waals surface area (Å²) in [7, 11) is 0. The summed E-state index contributed by atoms with van der Waals surface area (Å²) in [4.78, 5) is 14.9. The van der Waals surface area contributed by atoms with Crippen LogP contribution >= 0.6 is 0 Å². The van der Waals surface area contributed by atoms with E-state index >= 15 is 0 Å². The Morgan fingerprint density at radius 2 is 1.52 bits per heavy atom. The Morgan fingerprint density at radius 1 is 0.889 bits per heavy atom. The van der Waals surface area contributed by atoms with Crippen LogP contribution in [0.15, 0.2) is 48.5 Å². The van der Waals surface area contributed by atoms with Gasteiger partial charge in [0.2, 0.25) is 0 Å². The minimum absolute atomic E-state index is 0.0807. The van der Waals surface area contributed by atoms with Gasteiger partial charge in [0, 0.05) is 6.54 Å². The predicted octanol–water partition coefficient (Wildman–Crippen LogP) is 3.87. The molecule has 4 heteroatoms. The first kappa shape index (κ1) is 18.1. The largest absolute Gasteiger partial charge is 0.492 e. The van der Waals surface area contributed by atoms with Crippen LogP contribution in [0.5, 0.6) is 11.5 Å². The number of esters is 1. The molecule has 0 spiro atoms. The van der Waals surface area contributed by atoms with E-state index in [-0.39, 0.29) is 11.9 Å². The van der Waals surface area contributed by atoms with Crippen LogP contribution in [0.25, 0.3) is 0 Å². The maximum Gasteiger partial charge on any atom is 0.315 e. The molecule has 4 nitrogen and oxygen atoms in total. The molecule has 0 unspecified atom stereocenters. The number of piperidine rings is 1. The normalized spacial score (nSPS) is 17.5. The van der Waals surface area contributed by atoms with E-state index in [1.54, 1.807) is 0 Å². The smallest absolute Gasteiger partial charge is 0.315 e. The molecular formula is C23H27NO3. The quantitative estimate of drug-likeness (QED) is 0.575. The Labute approximate surface area is 161 Å². The van der Waals surface area contributed by atoms with E-state index < -0.39 is 0 Å². The van der Waals surface area contributed by atoms with Crippen molar-refractivity contribution in [3.05, 3.63) is 59.7 Å². The highest BCUT2D eigenvalue weighted by Crippen LogP contribution is 2.28. The Bertz CT molecular complexity index is 740. The van der Waals surface area contributed by atoms with E-state index in [0.717, 1.165) is 25.1 Å². The highest BCUT2D eigenvalue weighted by Gasteiger charge is 2.28. The van der Waals surface area contributed by atoms with Crippen molar-refractivity contribution in [1.29, 1.82) is 0 Å². The third kappa shape index (κ3) is 4.69. The van der Waals surface area contributed by atoms with Crippen LogP contribution in [-0.4, -0.2) is 37.1 Å². The van der Waals surface area contributed by atoms with Crippen molar-refractivity contribution in [3.8, 4) is 11.5 Å². The lowest BCUT2D eigenvalue weighted by Gasteiger charge is -2.26. The lowest BCUT2D eigenvalue weighted by atomic mass is 10.1. The summed E-state index contributed by atoms with van der Waals surface area (Å²) >= 11 is 0. The van der Waals surface area contributed by atoms with E-state index in [0.29, 0.717) is 12.4 Å². The van der Waals surface area contributed by atoms with Crippen molar-refractivity contribution in [1.82, 2.24) is 4.90 Å². The highest BCUT2D eigenvalue weighted by atomic mass is 16.5. The average molecular weight is 365 g/mol. The number of carbonyl (C=O) groups is 1. The summed E-state index contributed by atoms with van der Waals surface area (Å²) in [5.74, 6) is 1.17. The molecule has 2 aliphatic rings. The number of likely N-dealkylation sites (tertiary alicyclic amines) is 1. The van der Waals surface area contributed by atoms with Crippen molar-refractivity contribution in [2.45, 2.75) is 32.1 Å². The molecule has 27 heavy (non-hydrogen) atoms. The van der Waals surface area contributed by atoms with E-state index in [9.17, 15) is 4.79 Å². The summed E-state index contributed by atoms with van der Waals surface area (Å²) in [6.07, 6.45) is 5.49. The molecule has 1 aliphatic heterocycles. The number of rotatable bonds is 6. The third-order valence-electron chi connectivity index (χ3n) is 5.55. The van der Waals surface area contributed by atoms with Crippen LogP contribution in [0.2, 0.25) is 0 Å². The first-order chi connectivity index (χ1) is 13.3. The molecule has 1 heterocycles. The second-order valence-electron chi connectivity index (χ2n) is 7.52. The van der Waals surface area contributed by atoms with Crippen molar-refractivity contribution in [2.75, 3.05) is 26.2 Å². The summed E-state index contributed by atoms with van der Waals surface area (Å²) in [5, 5.41) is 0. The Kier molecular flexibility index (Phi) is 5.73. The zero-order valence-electron chi connectivity index (χ0n) is 15.7. The molecule has 0 radical (unpaired) electrons. The van der Waals surface area contributed by atoms with Gasteiger partial charge < -0.3 is 9.47 Å². The molecule has 0 amide bonds. The summed E-state index contributed by atoms with van der Waals surface area (Å²) < 4.78 is 11.4. The van der Waals surface area contributed by atoms with Gasteiger partial charge in [-0.15, -0.1) is 0 Å². The average Bonchev–Trinajstić information content (AvgIpc) is 3.15. The lowest BCUT2D eigenvalue weighted by molar-refractivity contribution is -0.138. The second kappa shape index (κ2) is 8.57. The minimum atomic E-state index is -0.148. The maximum atomic E-state index is 12.5. The number of benzene rings is 2. The Hall–Kier alpha value is -2.33. The minimum Gasteiger partial charge on any atom is -0.492 e. The fraction of sp³-hybridized carbons (Fsp3) is 0.435. The molecular weight excluding hydrogens is 338 g/mol. The topological polar surface area (TPSA) is 38.8 Å². The molecule has 0 N–H and O–H groups in total. The number of hydrogen-bond acceptors (Lipinski definition) is 4. The van der Waals surface area contributed by atoms with Gasteiger partial charge in [0.1, 0.15) is 18.1 Å². The fourth-order valence-electron chi connectivity index (χ4n) is 4.00. The highest BCUT2D eigenvalue weighted by molar-refractivity contribution is 5.77. The number of hydrogen-bond donors (Lipinski definition) is 0. The van der Waals surface area contributed by atoms with E-state index in [1.165, 1.54) is 43.5 Å². The van der Waals surface area contributed by atoms with E-state index in [2.05, 4.69) is 17.0 Å². The SMILES string of the molecule is O=C(Oc1ccc(OCCN2CCCCC2)cc1)C1Cc2ccccc2C1. The molecule has 0 aromatic heterocycles. The maximum absolute atomic E-state index is 12.5. The lowest BCUT2D eigenvalue weighted by Crippen LogP contribution is -2.33. The van der Waals surface area contributed by atoms with Crippen LogP contribution in [0.4, 0.5) is 0 Å². The zero-order chi connectivity index (χ0) is 18.5. The van der Waals surface area contributed by atoms with Gasteiger partial charge >= 0.3 is 5.97 Å². The van der Waals surface area contributed by atoms with Gasteiger partial charge in [-0.1, -0.05) is 30.7 Å².